The van der Waals surface area contributed by atoms with E-state index in [1.807, 2.05) is 0 Å². The molecule has 8 heteroatoms. The lowest BCUT2D eigenvalue weighted by atomic mass is 10.2. The van der Waals surface area contributed by atoms with E-state index >= 15 is 0 Å². The van der Waals surface area contributed by atoms with Gasteiger partial charge in [0, 0.05) is 20.6 Å². The largest absolute Gasteiger partial charge is 0.416 e. The molecule has 0 bridgehead atoms. The Morgan fingerprint density at radius 1 is 1.35 bits per heavy atom. The zero-order chi connectivity index (χ0) is 15.5. The summed E-state index contributed by atoms with van der Waals surface area (Å²) >= 11 is 0. The Morgan fingerprint density at radius 3 is 2.40 bits per heavy atom. The second kappa shape index (κ2) is 5.98. The summed E-state index contributed by atoms with van der Waals surface area (Å²) in [5, 5.41) is 0. The molecule has 0 aliphatic carbocycles. The van der Waals surface area contributed by atoms with Crippen LogP contribution in [0.4, 0.5) is 24.8 Å². The van der Waals surface area contributed by atoms with Crippen LogP contribution in [0.5, 0.6) is 0 Å². The fraction of sp³-hybridized carbons (Fsp3) is 0.500. The number of carbonyl (C=O) groups excluding carboxylic acids is 1. The van der Waals surface area contributed by atoms with Crippen LogP contribution in [0.25, 0.3) is 0 Å². The standard InChI is InChI=1S/C12H17F3N4O/c1-4-19(7-11(20)18(2)3)10-6-8(12(13,14)15)5-9(16)17-10/h5-6H,4,7H2,1-3H3,(H2,16,17). The number of rotatable bonds is 4. The molecule has 0 fully saturated rings. The lowest BCUT2D eigenvalue weighted by Gasteiger charge is -2.24. The van der Waals surface area contributed by atoms with Gasteiger partial charge in [-0.15, -0.1) is 0 Å². The molecular weight excluding hydrogens is 273 g/mol. The molecule has 0 saturated carbocycles. The molecule has 0 aliphatic heterocycles. The summed E-state index contributed by atoms with van der Waals surface area (Å²) in [7, 11) is 3.15. The van der Waals surface area contributed by atoms with Gasteiger partial charge >= 0.3 is 6.18 Å². The second-order valence-corrected chi connectivity index (χ2v) is 4.44. The van der Waals surface area contributed by atoms with Gasteiger partial charge in [-0.1, -0.05) is 0 Å². The molecule has 0 saturated heterocycles. The van der Waals surface area contributed by atoms with Gasteiger partial charge in [-0.05, 0) is 19.1 Å². The molecule has 0 aromatic carbocycles. The Bertz CT molecular complexity index is 488. The summed E-state index contributed by atoms with van der Waals surface area (Å²) in [6.07, 6.45) is -4.50. The average molecular weight is 290 g/mol. The van der Waals surface area contributed by atoms with Crippen LogP contribution in [-0.2, 0) is 11.0 Å². The zero-order valence-electron chi connectivity index (χ0n) is 11.5. The Kier molecular flexibility index (Phi) is 4.80. The Morgan fingerprint density at radius 2 is 1.95 bits per heavy atom. The molecule has 20 heavy (non-hydrogen) atoms. The molecule has 2 N–H and O–H groups in total. The minimum Gasteiger partial charge on any atom is -0.384 e. The number of anilines is 2. The molecule has 5 nitrogen and oxygen atoms in total. The first-order chi connectivity index (χ1) is 9.15. The van der Waals surface area contributed by atoms with Crippen LogP contribution in [0.3, 0.4) is 0 Å². The topological polar surface area (TPSA) is 62.5 Å². The van der Waals surface area contributed by atoms with E-state index in [0.29, 0.717) is 6.54 Å². The van der Waals surface area contributed by atoms with E-state index in [1.165, 1.54) is 9.80 Å². The summed E-state index contributed by atoms with van der Waals surface area (Å²) in [5.74, 6) is -0.426. The van der Waals surface area contributed by atoms with E-state index in [9.17, 15) is 18.0 Å². The van der Waals surface area contributed by atoms with Crippen molar-refractivity contribution < 1.29 is 18.0 Å². The third-order valence-electron chi connectivity index (χ3n) is 2.69. The summed E-state index contributed by atoms with van der Waals surface area (Å²) in [6, 6.07) is 1.66. The Labute approximate surface area is 115 Å². The van der Waals surface area contributed by atoms with Crippen LogP contribution in [0.15, 0.2) is 12.1 Å². The summed E-state index contributed by atoms with van der Waals surface area (Å²) in [6.45, 7) is 2.01. The minimum atomic E-state index is -4.50. The van der Waals surface area contributed by atoms with E-state index in [0.717, 1.165) is 12.1 Å². The van der Waals surface area contributed by atoms with Gasteiger partial charge in [0.25, 0.3) is 0 Å². The maximum absolute atomic E-state index is 12.7. The van der Waals surface area contributed by atoms with Crippen molar-refractivity contribution in [1.82, 2.24) is 9.88 Å². The normalized spacial score (nSPS) is 11.3. The number of halogens is 3. The predicted molar refractivity (Wildman–Crippen MR) is 70.2 cm³/mol. The molecular formula is C12H17F3N4O. The molecule has 1 amide bonds. The summed E-state index contributed by atoms with van der Waals surface area (Å²) in [4.78, 5) is 18.3. The highest BCUT2D eigenvalue weighted by molar-refractivity contribution is 5.80. The molecule has 0 radical (unpaired) electrons. The third-order valence-corrected chi connectivity index (χ3v) is 2.69. The number of hydrogen-bond acceptors (Lipinski definition) is 4. The number of nitrogens with two attached hydrogens (primary N) is 1. The lowest BCUT2D eigenvalue weighted by molar-refractivity contribution is -0.137. The van der Waals surface area contributed by atoms with Crippen molar-refractivity contribution >= 4 is 17.5 Å². The molecule has 1 heterocycles. The van der Waals surface area contributed by atoms with Gasteiger partial charge in [-0.25, -0.2) is 4.98 Å². The predicted octanol–water partition coefficient (Wildman–Crippen LogP) is 1.60. The van der Waals surface area contributed by atoms with Crippen molar-refractivity contribution in [1.29, 1.82) is 0 Å². The van der Waals surface area contributed by atoms with Crippen molar-refractivity contribution in [2.45, 2.75) is 13.1 Å². The van der Waals surface area contributed by atoms with Crippen molar-refractivity contribution in [2.24, 2.45) is 0 Å². The maximum Gasteiger partial charge on any atom is 0.416 e. The summed E-state index contributed by atoms with van der Waals surface area (Å²) in [5.41, 5.74) is 4.53. The van der Waals surface area contributed by atoms with Gasteiger partial charge in [-0.2, -0.15) is 13.2 Å². The SMILES string of the molecule is CCN(CC(=O)N(C)C)c1cc(C(F)(F)F)cc(N)n1. The van der Waals surface area contributed by atoms with Crippen molar-refractivity contribution in [3.8, 4) is 0 Å². The minimum absolute atomic E-state index is 0.0371. The van der Waals surface area contributed by atoms with Crippen LogP contribution >= 0.6 is 0 Å². The van der Waals surface area contributed by atoms with E-state index in [2.05, 4.69) is 4.98 Å². The van der Waals surface area contributed by atoms with Gasteiger partial charge in [0.05, 0.1) is 12.1 Å². The monoisotopic (exact) mass is 290 g/mol. The first-order valence-electron chi connectivity index (χ1n) is 5.95. The number of pyridine rings is 1. The van der Waals surface area contributed by atoms with Crippen molar-refractivity contribution in [3.63, 3.8) is 0 Å². The maximum atomic E-state index is 12.7. The van der Waals surface area contributed by atoms with Crippen molar-refractivity contribution in [3.05, 3.63) is 17.7 Å². The van der Waals surface area contributed by atoms with Crippen LogP contribution in [0, 0.1) is 0 Å². The fourth-order valence-electron chi connectivity index (χ4n) is 1.52. The zero-order valence-corrected chi connectivity index (χ0v) is 11.5. The number of alkyl halides is 3. The molecule has 112 valence electrons. The van der Waals surface area contributed by atoms with Crippen LogP contribution in [-0.4, -0.2) is 43.0 Å². The highest BCUT2D eigenvalue weighted by Gasteiger charge is 2.32. The highest BCUT2D eigenvalue weighted by atomic mass is 19.4. The smallest absolute Gasteiger partial charge is 0.384 e. The summed E-state index contributed by atoms with van der Waals surface area (Å²) < 4.78 is 38.2. The third kappa shape index (κ3) is 4.01. The van der Waals surface area contributed by atoms with Gasteiger partial charge in [-0.3, -0.25) is 4.79 Å². The Balaban J connectivity index is 3.10. The number of likely N-dealkylation sites (N-methyl/N-ethyl adjacent to an activating group) is 2. The van der Waals surface area contributed by atoms with Gasteiger partial charge < -0.3 is 15.5 Å². The molecule has 1 aromatic rings. The number of nitrogens with zero attached hydrogens (tertiary/aromatic N) is 3. The first-order valence-corrected chi connectivity index (χ1v) is 5.95. The molecule has 1 rings (SSSR count). The molecule has 0 atom stereocenters. The van der Waals surface area contributed by atoms with E-state index in [-0.39, 0.29) is 24.1 Å². The number of nitrogen functional groups attached to an aromatic ring is 1. The second-order valence-electron chi connectivity index (χ2n) is 4.44. The molecule has 1 aromatic heterocycles. The van der Waals surface area contributed by atoms with E-state index in [4.69, 9.17) is 5.73 Å². The van der Waals surface area contributed by atoms with Gasteiger partial charge in [0.2, 0.25) is 5.91 Å². The fourth-order valence-corrected chi connectivity index (χ4v) is 1.52. The van der Waals surface area contributed by atoms with E-state index < -0.39 is 11.7 Å². The number of hydrogen-bond donors (Lipinski definition) is 1. The van der Waals surface area contributed by atoms with Crippen LogP contribution in [0.2, 0.25) is 0 Å². The molecule has 0 spiro atoms. The number of amides is 1. The van der Waals surface area contributed by atoms with Crippen LogP contribution in [0.1, 0.15) is 12.5 Å². The lowest BCUT2D eigenvalue weighted by Crippen LogP contribution is -2.37. The first kappa shape index (κ1) is 16.1. The molecule has 0 aliphatic rings. The number of aromatic nitrogens is 1. The molecule has 0 unspecified atom stereocenters. The Hall–Kier alpha value is -1.99. The van der Waals surface area contributed by atoms with Crippen molar-refractivity contribution in [2.75, 3.05) is 37.8 Å². The van der Waals surface area contributed by atoms with E-state index in [1.54, 1.807) is 21.0 Å². The van der Waals surface area contributed by atoms with Gasteiger partial charge in [0.1, 0.15) is 11.6 Å². The average Bonchev–Trinajstić information content (AvgIpc) is 2.33. The number of carbonyl (C=O) groups is 1. The highest BCUT2D eigenvalue weighted by Crippen LogP contribution is 2.32. The quantitative estimate of drug-likeness (QED) is 0.915. The van der Waals surface area contributed by atoms with Gasteiger partial charge in [0.15, 0.2) is 0 Å². The van der Waals surface area contributed by atoms with Crippen LogP contribution < -0.4 is 10.6 Å².